The van der Waals surface area contributed by atoms with E-state index >= 15 is 0 Å². The number of pyridine rings is 1. The number of rotatable bonds is 7. The van der Waals surface area contributed by atoms with E-state index in [1.165, 1.54) is 0 Å². The van der Waals surface area contributed by atoms with Gasteiger partial charge in [-0.05, 0) is 65.1 Å². The molecule has 0 unspecified atom stereocenters. The van der Waals surface area contributed by atoms with E-state index in [0.29, 0.717) is 17.9 Å². The van der Waals surface area contributed by atoms with Gasteiger partial charge in [0.15, 0.2) is 5.82 Å². The molecule has 0 radical (unpaired) electrons. The van der Waals surface area contributed by atoms with Crippen LogP contribution in [0.3, 0.4) is 0 Å². The standard InChI is InChI=1S/C31H33N7O2/c1-21-17-22(2)28-24(18-21)19-25(31(39)32-28)29(30-33-34-35-38(30)20-23-9-5-4-6-10-23)37-15-13-36(14-16-37)26-11-7-8-12-27(26)40-3/h4-12,17-19,29H,13-16,20H2,1-3H3,(H,32,39)/t29-/m0/s1. The molecule has 0 aliphatic carbocycles. The van der Waals surface area contributed by atoms with Crippen molar-refractivity contribution in [2.45, 2.75) is 26.4 Å². The highest BCUT2D eigenvalue weighted by atomic mass is 16.5. The normalized spacial score (nSPS) is 14.9. The van der Waals surface area contributed by atoms with Crippen LogP contribution < -0.4 is 15.2 Å². The molecule has 1 aliphatic heterocycles. The number of piperazine rings is 1. The number of ether oxygens (including phenoxy) is 1. The van der Waals surface area contributed by atoms with Crippen molar-refractivity contribution < 1.29 is 4.74 Å². The molecule has 204 valence electrons. The fourth-order valence-corrected chi connectivity index (χ4v) is 5.79. The first kappa shape index (κ1) is 25.8. The summed E-state index contributed by atoms with van der Waals surface area (Å²) in [7, 11) is 1.70. The van der Waals surface area contributed by atoms with Gasteiger partial charge in [-0.15, -0.1) is 5.10 Å². The Morgan fingerprint density at radius 1 is 0.950 bits per heavy atom. The highest BCUT2D eigenvalue weighted by Crippen LogP contribution is 2.32. The Kier molecular flexibility index (Phi) is 7.04. The van der Waals surface area contributed by atoms with Crippen LogP contribution in [0.1, 0.15) is 34.1 Å². The molecule has 1 atom stereocenters. The maximum Gasteiger partial charge on any atom is 0.253 e. The summed E-state index contributed by atoms with van der Waals surface area (Å²) in [6, 6.07) is 24.0. The third-order valence-corrected chi connectivity index (χ3v) is 7.70. The highest BCUT2D eigenvalue weighted by molar-refractivity contribution is 5.83. The summed E-state index contributed by atoms with van der Waals surface area (Å²) in [5.41, 5.74) is 5.76. The highest BCUT2D eigenvalue weighted by Gasteiger charge is 2.33. The number of H-pyrrole nitrogens is 1. The Hall–Kier alpha value is -4.50. The van der Waals surface area contributed by atoms with Crippen molar-refractivity contribution in [3.05, 3.63) is 111 Å². The average molecular weight is 536 g/mol. The van der Waals surface area contributed by atoms with E-state index in [-0.39, 0.29) is 5.56 Å². The number of nitrogens with one attached hydrogen (secondary N) is 1. The average Bonchev–Trinajstić information content (AvgIpc) is 3.42. The molecule has 1 fully saturated rings. The lowest BCUT2D eigenvalue weighted by atomic mass is 10.00. The molecule has 1 aliphatic rings. The van der Waals surface area contributed by atoms with Gasteiger partial charge in [0.1, 0.15) is 11.8 Å². The van der Waals surface area contributed by atoms with E-state index in [0.717, 1.165) is 65.2 Å². The van der Waals surface area contributed by atoms with Crippen LogP contribution >= 0.6 is 0 Å². The van der Waals surface area contributed by atoms with E-state index in [1.807, 2.05) is 54.1 Å². The van der Waals surface area contributed by atoms with Gasteiger partial charge in [0.05, 0.1) is 24.9 Å². The molecule has 0 bridgehead atoms. The van der Waals surface area contributed by atoms with Gasteiger partial charge in [-0.3, -0.25) is 9.69 Å². The van der Waals surface area contributed by atoms with E-state index < -0.39 is 6.04 Å². The number of para-hydroxylation sites is 2. The van der Waals surface area contributed by atoms with E-state index in [1.54, 1.807) is 7.11 Å². The molecule has 5 aromatic rings. The number of hydrogen-bond acceptors (Lipinski definition) is 7. The monoisotopic (exact) mass is 535 g/mol. The first-order valence-electron chi connectivity index (χ1n) is 13.6. The molecule has 1 N–H and O–H groups in total. The predicted molar refractivity (Wildman–Crippen MR) is 156 cm³/mol. The number of nitrogens with zero attached hydrogens (tertiary/aromatic N) is 6. The van der Waals surface area contributed by atoms with Crippen molar-refractivity contribution in [3.63, 3.8) is 0 Å². The molecule has 6 rings (SSSR count). The summed E-state index contributed by atoms with van der Waals surface area (Å²) in [4.78, 5) is 21.5. The van der Waals surface area contributed by atoms with Gasteiger partial charge in [-0.1, -0.05) is 54.1 Å². The largest absolute Gasteiger partial charge is 0.495 e. The van der Waals surface area contributed by atoms with E-state index in [4.69, 9.17) is 4.74 Å². The van der Waals surface area contributed by atoms with Gasteiger partial charge in [0.25, 0.3) is 5.56 Å². The summed E-state index contributed by atoms with van der Waals surface area (Å²) in [6.45, 7) is 7.63. The Labute approximate surface area is 233 Å². The quantitative estimate of drug-likeness (QED) is 0.336. The minimum atomic E-state index is -0.410. The molecule has 3 heterocycles. The molecular weight excluding hydrogens is 502 g/mol. The van der Waals surface area contributed by atoms with Gasteiger partial charge in [-0.2, -0.15) is 0 Å². The second-order valence-corrected chi connectivity index (χ2v) is 10.4. The predicted octanol–water partition coefficient (Wildman–Crippen LogP) is 4.10. The maximum absolute atomic E-state index is 13.7. The van der Waals surface area contributed by atoms with Crippen LogP contribution in [0.25, 0.3) is 10.9 Å². The number of aromatic nitrogens is 5. The van der Waals surface area contributed by atoms with Gasteiger partial charge in [0.2, 0.25) is 0 Å². The summed E-state index contributed by atoms with van der Waals surface area (Å²) < 4.78 is 7.44. The fraction of sp³-hybridized carbons (Fsp3) is 0.290. The Balaban J connectivity index is 1.40. The summed E-state index contributed by atoms with van der Waals surface area (Å²) in [5.74, 6) is 1.51. The van der Waals surface area contributed by atoms with Crippen LogP contribution in [0.4, 0.5) is 5.69 Å². The first-order chi connectivity index (χ1) is 19.5. The molecule has 3 aromatic carbocycles. The number of benzene rings is 3. The molecule has 1 saturated heterocycles. The summed E-state index contributed by atoms with van der Waals surface area (Å²) >= 11 is 0. The number of hydrogen-bond donors (Lipinski definition) is 1. The molecule has 0 saturated carbocycles. The van der Waals surface area contributed by atoms with Gasteiger partial charge in [-0.25, -0.2) is 4.68 Å². The van der Waals surface area contributed by atoms with Crippen molar-refractivity contribution in [2.75, 3.05) is 38.2 Å². The number of methoxy groups -OCH3 is 1. The van der Waals surface area contributed by atoms with Crippen LogP contribution in [0.2, 0.25) is 0 Å². The fourth-order valence-electron chi connectivity index (χ4n) is 5.79. The first-order valence-corrected chi connectivity index (χ1v) is 13.6. The SMILES string of the molecule is COc1ccccc1N1CCN([C@@H](c2cc3cc(C)cc(C)c3[nH]c2=O)c2nnnn2Cc2ccccc2)CC1. The molecule has 0 amide bonds. The van der Waals surface area contributed by atoms with Crippen LogP contribution in [0.5, 0.6) is 5.75 Å². The zero-order valence-electron chi connectivity index (χ0n) is 23.0. The number of anilines is 1. The number of fused-ring (bicyclic) bond motifs is 1. The molecule has 9 nitrogen and oxygen atoms in total. The smallest absolute Gasteiger partial charge is 0.253 e. The lowest BCUT2D eigenvalue weighted by Crippen LogP contribution is -2.49. The van der Waals surface area contributed by atoms with Crippen molar-refractivity contribution in [1.82, 2.24) is 30.1 Å². The second-order valence-electron chi connectivity index (χ2n) is 10.4. The number of aromatic amines is 1. The second kappa shape index (κ2) is 10.9. The van der Waals surface area contributed by atoms with E-state index in [2.05, 4.69) is 67.6 Å². The Morgan fingerprint density at radius 3 is 2.48 bits per heavy atom. The molecule has 0 spiro atoms. The topological polar surface area (TPSA) is 92.2 Å². The third kappa shape index (κ3) is 4.96. The van der Waals surface area contributed by atoms with Gasteiger partial charge < -0.3 is 14.6 Å². The van der Waals surface area contributed by atoms with Crippen molar-refractivity contribution in [1.29, 1.82) is 0 Å². The van der Waals surface area contributed by atoms with Crippen LogP contribution in [0.15, 0.2) is 77.6 Å². The zero-order chi connectivity index (χ0) is 27.6. The zero-order valence-corrected chi connectivity index (χ0v) is 23.0. The third-order valence-electron chi connectivity index (χ3n) is 7.70. The number of tetrazole rings is 1. The maximum atomic E-state index is 13.7. The Bertz CT molecular complexity index is 1690. The van der Waals surface area contributed by atoms with Gasteiger partial charge in [0, 0.05) is 31.7 Å². The van der Waals surface area contributed by atoms with Crippen molar-refractivity contribution in [3.8, 4) is 5.75 Å². The van der Waals surface area contributed by atoms with Crippen molar-refractivity contribution in [2.24, 2.45) is 0 Å². The summed E-state index contributed by atoms with van der Waals surface area (Å²) in [5, 5.41) is 13.9. The lowest BCUT2D eigenvalue weighted by molar-refractivity contribution is 0.200. The van der Waals surface area contributed by atoms with Crippen LogP contribution in [-0.4, -0.2) is 63.4 Å². The minimum absolute atomic E-state index is 0.120. The lowest BCUT2D eigenvalue weighted by Gasteiger charge is -2.40. The van der Waals surface area contributed by atoms with Crippen LogP contribution in [-0.2, 0) is 6.54 Å². The van der Waals surface area contributed by atoms with Crippen molar-refractivity contribution >= 4 is 16.6 Å². The Morgan fingerprint density at radius 2 is 1.70 bits per heavy atom. The molecule has 9 heteroatoms. The molecule has 40 heavy (non-hydrogen) atoms. The molecule has 2 aromatic heterocycles. The summed E-state index contributed by atoms with van der Waals surface area (Å²) in [6.07, 6.45) is 0. The van der Waals surface area contributed by atoms with Crippen LogP contribution in [0, 0.1) is 13.8 Å². The minimum Gasteiger partial charge on any atom is -0.495 e. The van der Waals surface area contributed by atoms with E-state index in [9.17, 15) is 4.79 Å². The number of aryl methyl sites for hydroxylation is 2. The molecular formula is C31H33N7O2. The van der Waals surface area contributed by atoms with Gasteiger partial charge >= 0.3 is 0 Å².